The molecule has 0 saturated heterocycles. The van der Waals surface area contributed by atoms with Gasteiger partial charge in [-0.1, -0.05) is 23.7 Å². The second kappa shape index (κ2) is 9.14. The van der Waals surface area contributed by atoms with Gasteiger partial charge in [-0.2, -0.15) is 18.3 Å². The molecule has 2 aromatic carbocycles. The third-order valence-electron chi connectivity index (χ3n) is 4.77. The van der Waals surface area contributed by atoms with Crippen LogP contribution in [0.1, 0.15) is 45.7 Å². The highest BCUT2D eigenvalue weighted by molar-refractivity contribution is 6.31. The zero-order valence-electron chi connectivity index (χ0n) is 17.6. The van der Waals surface area contributed by atoms with Gasteiger partial charge in [0.15, 0.2) is 5.69 Å². The number of halogens is 4. The molecule has 1 atom stereocenters. The molecule has 3 rings (SSSR count). The number of hydrogen-bond acceptors (Lipinski definition) is 5. The van der Waals surface area contributed by atoms with Crippen LogP contribution >= 0.6 is 11.6 Å². The second-order valence-corrected chi connectivity index (χ2v) is 7.61. The Hall–Kier alpha value is -3.53. The van der Waals surface area contributed by atoms with Crippen molar-refractivity contribution >= 4 is 23.5 Å². The maximum Gasteiger partial charge on any atom is 0.435 e. The minimum absolute atomic E-state index is 0.0258. The molecule has 0 radical (unpaired) electrons. The van der Waals surface area contributed by atoms with E-state index in [9.17, 15) is 23.1 Å². The van der Waals surface area contributed by atoms with Gasteiger partial charge in [-0.05, 0) is 61.2 Å². The molecule has 0 aliphatic rings. The van der Waals surface area contributed by atoms with E-state index in [-0.39, 0.29) is 11.3 Å². The zero-order chi connectivity index (χ0) is 24.5. The first-order valence-corrected chi connectivity index (χ1v) is 9.93. The van der Waals surface area contributed by atoms with Crippen LogP contribution in [0.3, 0.4) is 0 Å². The molecule has 0 saturated carbocycles. The highest BCUT2D eigenvalue weighted by Crippen LogP contribution is 2.37. The fourth-order valence-electron chi connectivity index (χ4n) is 3.03. The highest BCUT2D eigenvalue weighted by Gasteiger charge is 2.40. The number of nitrogens with zero attached hydrogens (tertiary/aromatic N) is 3. The Balaban J connectivity index is 2.05. The maximum absolute atomic E-state index is 13.6. The minimum Gasteiger partial charge on any atom is -0.858 e. The molecule has 174 valence electrons. The molecule has 0 aliphatic heterocycles. The van der Waals surface area contributed by atoms with Gasteiger partial charge in [0.1, 0.15) is 5.75 Å². The lowest BCUT2D eigenvalue weighted by Gasteiger charge is -2.18. The molecule has 0 amide bonds. The molecule has 11 heteroatoms. The van der Waals surface area contributed by atoms with Crippen LogP contribution in [0.15, 0.2) is 47.5 Å². The van der Waals surface area contributed by atoms with E-state index < -0.39 is 41.2 Å². The van der Waals surface area contributed by atoms with E-state index in [0.29, 0.717) is 16.1 Å². The van der Waals surface area contributed by atoms with Crippen molar-refractivity contribution in [3.05, 3.63) is 75.4 Å². The van der Waals surface area contributed by atoms with E-state index >= 15 is 0 Å². The molecule has 0 fully saturated rings. The van der Waals surface area contributed by atoms with E-state index in [1.54, 1.807) is 6.92 Å². The molecular weight excluding hydrogens is 463 g/mol. The largest absolute Gasteiger partial charge is 0.858 e. The number of aryl methyl sites for hydroxylation is 2. The predicted molar refractivity (Wildman–Crippen MR) is 113 cm³/mol. The van der Waals surface area contributed by atoms with Gasteiger partial charge >= 0.3 is 12.1 Å². The first-order chi connectivity index (χ1) is 15.4. The summed E-state index contributed by atoms with van der Waals surface area (Å²) >= 11 is 5.98. The van der Waals surface area contributed by atoms with Crippen LogP contribution in [0.5, 0.6) is 11.6 Å². The summed E-state index contributed by atoms with van der Waals surface area (Å²) in [6.45, 7) is 3.19. The molecule has 3 aromatic rings. The van der Waals surface area contributed by atoms with Gasteiger partial charge < -0.3 is 14.9 Å². The van der Waals surface area contributed by atoms with Gasteiger partial charge in [-0.15, -0.1) is 0 Å². The fraction of sp³-hybridized carbons (Fsp3) is 0.227. The molecule has 1 N–H and O–H groups in total. The summed E-state index contributed by atoms with van der Waals surface area (Å²) in [6, 6.07) is 9.13. The summed E-state index contributed by atoms with van der Waals surface area (Å²) in [6.07, 6.45) is -4.93. The van der Waals surface area contributed by atoms with Crippen molar-refractivity contribution in [2.75, 3.05) is 0 Å². The molecule has 0 bridgehead atoms. The Morgan fingerprint density at radius 3 is 2.42 bits per heavy atom. The monoisotopic (exact) mass is 480 g/mol. The van der Waals surface area contributed by atoms with Gasteiger partial charge in [0.25, 0.3) is 0 Å². The second-order valence-electron chi connectivity index (χ2n) is 7.20. The number of rotatable bonds is 6. The Labute approximate surface area is 191 Å². The Bertz CT molecular complexity index is 1220. The third-order valence-corrected chi connectivity index (χ3v) is 5.20. The summed E-state index contributed by atoms with van der Waals surface area (Å²) in [4.78, 5) is 14.9. The van der Waals surface area contributed by atoms with Crippen LogP contribution in [0.2, 0.25) is 5.02 Å². The van der Waals surface area contributed by atoms with Gasteiger partial charge in [-0.25, -0.2) is 9.48 Å². The molecular formula is C22H18ClF3N3O4-. The first kappa shape index (κ1) is 24.1. The lowest BCUT2D eigenvalue weighted by Crippen LogP contribution is -2.24. The third kappa shape index (κ3) is 5.28. The number of aromatic nitrogens is 2. The number of carboxylic acid groups (broad SMARTS) is 1. The molecule has 33 heavy (non-hydrogen) atoms. The topological polar surface area (TPSA) is 99.8 Å². The van der Waals surface area contributed by atoms with Crippen LogP contribution in [0.4, 0.5) is 13.2 Å². The first-order valence-electron chi connectivity index (χ1n) is 9.55. The van der Waals surface area contributed by atoms with Gasteiger partial charge in [0.2, 0.25) is 5.88 Å². The van der Waals surface area contributed by atoms with E-state index in [1.807, 2.05) is 0 Å². The number of carboxylic acids is 1. The molecule has 0 aliphatic carbocycles. The van der Waals surface area contributed by atoms with Crippen LogP contribution in [-0.2, 0) is 13.2 Å². The minimum atomic E-state index is -4.93. The fourth-order valence-corrected chi connectivity index (χ4v) is 3.15. The van der Waals surface area contributed by atoms with E-state index in [4.69, 9.17) is 21.4 Å². The van der Waals surface area contributed by atoms with E-state index in [2.05, 4.69) is 10.1 Å². The summed E-state index contributed by atoms with van der Waals surface area (Å²) in [5, 5.41) is 25.8. The van der Waals surface area contributed by atoms with Crippen LogP contribution < -0.4 is 9.84 Å². The van der Waals surface area contributed by atoms with Gasteiger partial charge in [-0.3, -0.25) is 4.99 Å². The number of hydrogen-bond donors (Lipinski definition) is 1. The molecule has 0 spiro atoms. The van der Waals surface area contributed by atoms with Crippen LogP contribution in [0.25, 0.3) is 0 Å². The lowest BCUT2D eigenvalue weighted by molar-refractivity contribution is -0.214. The lowest BCUT2D eigenvalue weighted by atomic mass is 10.1. The molecule has 0 unspecified atom stereocenters. The quantitative estimate of drug-likeness (QED) is 0.405. The van der Waals surface area contributed by atoms with E-state index in [1.165, 1.54) is 56.4 Å². The SMILES string of the molecule is Cc1cc(Oc2c(C([O-])=N[C@@H](C)c3ccc(C(=O)O)cc3)c(C(F)(F)F)nn2C)ccc1Cl. The van der Waals surface area contributed by atoms with Crippen molar-refractivity contribution in [1.29, 1.82) is 0 Å². The number of alkyl halides is 3. The number of aromatic carboxylic acids is 1. The number of aliphatic imine (C=N–C) groups is 1. The average Bonchev–Trinajstić information content (AvgIpc) is 3.07. The van der Waals surface area contributed by atoms with Crippen molar-refractivity contribution in [1.82, 2.24) is 9.78 Å². The van der Waals surface area contributed by atoms with Crippen LogP contribution in [0, 0.1) is 6.92 Å². The van der Waals surface area contributed by atoms with Crippen molar-refractivity contribution < 1.29 is 32.9 Å². The maximum atomic E-state index is 13.6. The highest BCUT2D eigenvalue weighted by atomic mass is 35.5. The number of benzene rings is 2. The predicted octanol–water partition coefficient (Wildman–Crippen LogP) is 4.76. The van der Waals surface area contributed by atoms with Gasteiger partial charge in [0.05, 0.1) is 17.2 Å². The van der Waals surface area contributed by atoms with Crippen LogP contribution in [-0.4, -0.2) is 26.8 Å². The summed E-state index contributed by atoms with van der Waals surface area (Å²) in [5.74, 6) is -2.57. The van der Waals surface area contributed by atoms with Gasteiger partial charge in [0, 0.05) is 12.1 Å². The Morgan fingerprint density at radius 2 is 1.88 bits per heavy atom. The van der Waals surface area contributed by atoms with Crippen molar-refractivity contribution in [2.24, 2.45) is 12.0 Å². The standard InChI is InChI=1S/C22H19ClF3N3O4/c1-11-10-15(8-9-16(11)23)33-20-17(18(22(24,25)26)28-29(20)3)19(30)27-12(2)13-4-6-14(7-5-13)21(31)32/h4-10,12H,1-3H3,(H,27,30)(H,31,32)/p-1/t12-/m0/s1. The average molecular weight is 481 g/mol. The van der Waals surface area contributed by atoms with Crippen molar-refractivity contribution in [3.63, 3.8) is 0 Å². The van der Waals surface area contributed by atoms with Crippen molar-refractivity contribution in [2.45, 2.75) is 26.1 Å². The zero-order valence-corrected chi connectivity index (χ0v) is 18.4. The van der Waals surface area contributed by atoms with Crippen molar-refractivity contribution in [3.8, 4) is 11.6 Å². The summed E-state index contributed by atoms with van der Waals surface area (Å²) in [5.41, 5.74) is -1.15. The molecule has 7 nitrogen and oxygen atoms in total. The summed E-state index contributed by atoms with van der Waals surface area (Å²) in [7, 11) is 1.22. The molecule has 1 aromatic heterocycles. The molecule has 1 heterocycles. The smallest absolute Gasteiger partial charge is 0.435 e. The summed E-state index contributed by atoms with van der Waals surface area (Å²) < 4.78 is 47.3. The van der Waals surface area contributed by atoms with E-state index in [0.717, 1.165) is 4.68 Å². The number of ether oxygens (including phenoxy) is 1. The Morgan fingerprint density at radius 1 is 1.24 bits per heavy atom. The number of carbonyl (C=O) groups is 1. The normalized spacial score (nSPS) is 13.1. The Kier molecular flexibility index (Phi) is 6.68.